The molecule has 2 aromatic rings. The maximum atomic E-state index is 12.8. The number of hydrogen-bond acceptors (Lipinski definition) is 4. The number of nitrogens with zero attached hydrogens (tertiary/aromatic N) is 1. The maximum absolute atomic E-state index is 12.8. The summed E-state index contributed by atoms with van der Waals surface area (Å²) < 4.78 is 76.8. The molecule has 0 fully saturated rings. The summed E-state index contributed by atoms with van der Waals surface area (Å²) in [6, 6.07) is 2.25. The molecule has 0 saturated heterocycles. The highest BCUT2D eigenvalue weighted by Gasteiger charge is 2.37. The van der Waals surface area contributed by atoms with Gasteiger partial charge in [0.2, 0.25) is 5.91 Å². The van der Waals surface area contributed by atoms with E-state index in [1.54, 1.807) is 6.92 Å². The van der Waals surface area contributed by atoms with Gasteiger partial charge in [-0.05, 0) is 31.2 Å². The molecule has 12 heteroatoms. The number of nitrogens with one attached hydrogen (secondary N) is 2. The molecule has 0 unspecified atom stereocenters. The zero-order chi connectivity index (χ0) is 20.4. The Morgan fingerprint density at radius 3 is 2.11 bits per heavy atom. The van der Waals surface area contributed by atoms with E-state index in [2.05, 4.69) is 9.97 Å². The number of amides is 1. The van der Waals surface area contributed by atoms with Crippen molar-refractivity contribution in [2.75, 3.05) is 11.1 Å². The first-order valence-electron chi connectivity index (χ1n) is 7.15. The van der Waals surface area contributed by atoms with Crippen molar-refractivity contribution in [2.45, 2.75) is 24.3 Å². The van der Waals surface area contributed by atoms with E-state index < -0.39 is 40.8 Å². The van der Waals surface area contributed by atoms with Crippen LogP contribution in [0.2, 0.25) is 0 Å². The summed E-state index contributed by atoms with van der Waals surface area (Å²) >= 11 is 0.808. The molecular weight excluding hydrogens is 400 g/mol. The van der Waals surface area contributed by atoms with Gasteiger partial charge in [0, 0.05) is 11.4 Å². The van der Waals surface area contributed by atoms with Gasteiger partial charge in [0.15, 0.2) is 0 Å². The van der Waals surface area contributed by atoms with Gasteiger partial charge in [0.05, 0.1) is 16.9 Å². The highest BCUT2D eigenvalue weighted by Crippen LogP contribution is 2.37. The van der Waals surface area contributed by atoms with Gasteiger partial charge < -0.3 is 10.3 Å². The second kappa shape index (κ2) is 7.62. The highest BCUT2D eigenvalue weighted by atomic mass is 32.2. The summed E-state index contributed by atoms with van der Waals surface area (Å²) in [7, 11) is 0. The van der Waals surface area contributed by atoms with Crippen molar-refractivity contribution in [3.63, 3.8) is 0 Å². The average Bonchev–Trinajstić information content (AvgIpc) is 2.50. The fourth-order valence-electron chi connectivity index (χ4n) is 1.99. The Bertz CT molecular complexity index is 875. The van der Waals surface area contributed by atoms with E-state index in [4.69, 9.17) is 0 Å². The summed E-state index contributed by atoms with van der Waals surface area (Å²) in [6.45, 7) is 1.58. The van der Waals surface area contributed by atoms with Crippen LogP contribution in [0.5, 0.6) is 0 Å². The van der Waals surface area contributed by atoms with Crippen molar-refractivity contribution in [1.82, 2.24) is 9.97 Å². The highest BCUT2D eigenvalue weighted by molar-refractivity contribution is 7.99. The largest absolute Gasteiger partial charge is 0.416 e. The van der Waals surface area contributed by atoms with Crippen LogP contribution in [-0.2, 0) is 17.1 Å². The number of carbonyl (C=O) groups excluding carboxylic acids is 1. The summed E-state index contributed by atoms with van der Waals surface area (Å²) in [4.78, 5) is 29.1. The summed E-state index contributed by atoms with van der Waals surface area (Å²) in [5.41, 5.74) is -3.88. The third kappa shape index (κ3) is 6.01. The van der Waals surface area contributed by atoms with Crippen LogP contribution in [0.1, 0.15) is 16.8 Å². The molecule has 1 heterocycles. The van der Waals surface area contributed by atoms with E-state index in [1.807, 2.05) is 5.32 Å². The molecule has 0 aliphatic heterocycles. The molecule has 0 atom stereocenters. The zero-order valence-corrected chi connectivity index (χ0v) is 14.3. The third-order valence-electron chi connectivity index (χ3n) is 3.08. The van der Waals surface area contributed by atoms with Crippen LogP contribution in [0.25, 0.3) is 0 Å². The molecule has 146 valence electrons. The van der Waals surface area contributed by atoms with Crippen LogP contribution in [-0.4, -0.2) is 21.6 Å². The molecule has 1 aromatic carbocycles. The van der Waals surface area contributed by atoms with Gasteiger partial charge in [-0.3, -0.25) is 4.79 Å². The Hall–Kier alpha value is -2.50. The Morgan fingerprint density at radius 1 is 1.07 bits per heavy atom. The summed E-state index contributed by atoms with van der Waals surface area (Å²) in [5, 5.41) is 2.18. The van der Waals surface area contributed by atoms with Crippen molar-refractivity contribution < 1.29 is 31.1 Å². The van der Waals surface area contributed by atoms with Crippen LogP contribution >= 0.6 is 11.8 Å². The lowest BCUT2D eigenvalue weighted by molar-refractivity contribution is -0.143. The predicted molar refractivity (Wildman–Crippen MR) is 85.4 cm³/mol. The SMILES string of the molecule is Cc1cc(SCC(=O)Nc2cc(C(F)(F)F)cc(C(F)(F)F)c2)nc(=O)[nH]1. The Morgan fingerprint density at radius 2 is 1.63 bits per heavy atom. The lowest BCUT2D eigenvalue weighted by atomic mass is 10.1. The minimum atomic E-state index is -5.01. The second-order valence-electron chi connectivity index (χ2n) is 5.34. The summed E-state index contributed by atoms with van der Waals surface area (Å²) in [6.07, 6.45) is -10.0. The van der Waals surface area contributed by atoms with E-state index in [0.29, 0.717) is 17.8 Å². The number of carbonyl (C=O) groups is 1. The molecule has 27 heavy (non-hydrogen) atoms. The molecular formula is C15H11F6N3O2S. The number of aromatic nitrogens is 2. The first kappa shape index (κ1) is 20.8. The number of rotatable bonds is 4. The molecule has 0 spiro atoms. The van der Waals surface area contributed by atoms with E-state index in [0.717, 1.165) is 11.8 Å². The van der Waals surface area contributed by atoms with Gasteiger partial charge in [-0.2, -0.15) is 31.3 Å². The van der Waals surface area contributed by atoms with Crippen LogP contribution in [0.15, 0.2) is 34.1 Å². The zero-order valence-electron chi connectivity index (χ0n) is 13.5. The maximum Gasteiger partial charge on any atom is 0.416 e. The first-order valence-corrected chi connectivity index (χ1v) is 8.13. The molecule has 0 saturated carbocycles. The number of thioether (sulfide) groups is 1. The quantitative estimate of drug-likeness (QED) is 0.455. The molecule has 0 aliphatic carbocycles. The number of aryl methyl sites for hydroxylation is 1. The molecule has 5 nitrogen and oxygen atoms in total. The lowest BCUT2D eigenvalue weighted by Crippen LogP contribution is -2.18. The third-order valence-corrected chi connectivity index (χ3v) is 3.99. The lowest BCUT2D eigenvalue weighted by Gasteiger charge is -2.14. The monoisotopic (exact) mass is 411 g/mol. The molecule has 2 rings (SSSR count). The Balaban J connectivity index is 2.17. The number of H-pyrrole nitrogens is 1. The molecule has 0 aliphatic rings. The fourth-order valence-corrected chi connectivity index (χ4v) is 2.75. The van der Waals surface area contributed by atoms with Gasteiger partial charge in [0.25, 0.3) is 0 Å². The Labute approximate surface area is 152 Å². The topological polar surface area (TPSA) is 74.8 Å². The fraction of sp³-hybridized carbons (Fsp3) is 0.267. The predicted octanol–water partition coefficient (Wildman–Crippen LogP) is 3.85. The van der Waals surface area contributed by atoms with Crippen molar-refractivity contribution in [3.8, 4) is 0 Å². The van der Waals surface area contributed by atoms with Gasteiger partial charge >= 0.3 is 18.0 Å². The van der Waals surface area contributed by atoms with Gasteiger partial charge in [-0.15, -0.1) is 0 Å². The van der Waals surface area contributed by atoms with E-state index in [9.17, 15) is 35.9 Å². The number of hydrogen-bond donors (Lipinski definition) is 2. The number of aromatic amines is 1. The molecule has 2 N–H and O–H groups in total. The molecule has 1 amide bonds. The second-order valence-corrected chi connectivity index (χ2v) is 6.33. The number of anilines is 1. The van der Waals surface area contributed by atoms with Crippen LogP contribution in [0.3, 0.4) is 0 Å². The van der Waals surface area contributed by atoms with Crippen LogP contribution in [0.4, 0.5) is 32.0 Å². The molecule has 1 aromatic heterocycles. The first-order chi connectivity index (χ1) is 12.3. The van der Waals surface area contributed by atoms with Gasteiger partial charge in [-0.1, -0.05) is 11.8 Å². The number of halogens is 6. The van der Waals surface area contributed by atoms with Crippen molar-refractivity contribution in [2.24, 2.45) is 0 Å². The molecule has 0 radical (unpaired) electrons. The van der Waals surface area contributed by atoms with Gasteiger partial charge in [-0.25, -0.2) is 4.79 Å². The van der Waals surface area contributed by atoms with Gasteiger partial charge in [0.1, 0.15) is 5.03 Å². The number of benzene rings is 1. The van der Waals surface area contributed by atoms with Crippen molar-refractivity contribution in [3.05, 3.63) is 51.6 Å². The normalized spacial score (nSPS) is 12.1. The van der Waals surface area contributed by atoms with Crippen LogP contribution in [0, 0.1) is 6.92 Å². The summed E-state index contributed by atoms with van der Waals surface area (Å²) in [5.74, 6) is -1.22. The van der Waals surface area contributed by atoms with E-state index in [1.165, 1.54) is 6.07 Å². The minimum absolute atomic E-state index is 0.0344. The molecule has 0 bridgehead atoms. The van der Waals surface area contributed by atoms with E-state index in [-0.39, 0.29) is 16.8 Å². The average molecular weight is 411 g/mol. The van der Waals surface area contributed by atoms with E-state index >= 15 is 0 Å². The smallest absolute Gasteiger partial charge is 0.325 e. The van der Waals surface area contributed by atoms with Crippen molar-refractivity contribution >= 4 is 23.4 Å². The Kier molecular flexibility index (Phi) is 5.88. The van der Waals surface area contributed by atoms with Crippen molar-refractivity contribution in [1.29, 1.82) is 0 Å². The van der Waals surface area contributed by atoms with Crippen LogP contribution < -0.4 is 11.0 Å². The number of alkyl halides is 6. The minimum Gasteiger partial charge on any atom is -0.325 e. The standard InChI is InChI=1S/C15H11F6N3O2S/c1-7-2-12(24-13(26)22-7)27-6-11(25)23-10-4-8(14(16,17)18)3-9(5-10)15(19,20)21/h2-5H,6H2,1H3,(H,23,25)(H,22,24,26).